The first-order valence-corrected chi connectivity index (χ1v) is 17.4. The molecule has 11 nitrogen and oxygen atoms in total. The summed E-state index contributed by atoms with van der Waals surface area (Å²) in [5.41, 5.74) is 1.46. The Morgan fingerprint density at radius 2 is 1.51 bits per heavy atom. The third kappa shape index (κ3) is 9.35. The van der Waals surface area contributed by atoms with Gasteiger partial charge in [0.2, 0.25) is 7.07 Å². The first kappa shape index (κ1) is 33.4. The van der Waals surface area contributed by atoms with E-state index < -0.39 is 28.0 Å². The highest BCUT2D eigenvalue weighted by atomic mass is 32.4. The van der Waals surface area contributed by atoms with Gasteiger partial charge in [-0.2, -0.15) is 5.10 Å². The van der Waals surface area contributed by atoms with E-state index in [2.05, 4.69) is 11.7 Å². The zero-order valence-electron chi connectivity index (χ0n) is 22.9. The molecule has 0 bridgehead atoms. The summed E-state index contributed by atoms with van der Waals surface area (Å²) in [5, 5.41) is 4.39. The van der Waals surface area contributed by atoms with Crippen LogP contribution in [-0.2, 0) is 39.0 Å². The Morgan fingerprint density at radius 3 is 2.00 bits per heavy atom. The average Bonchev–Trinajstić information content (AvgIpc) is 2.96. The van der Waals surface area contributed by atoms with Crippen LogP contribution in [0.15, 0.2) is 66.3 Å². The minimum Gasteiger partial charge on any atom is -0.497 e. The van der Waals surface area contributed by atoms with Gasteiger partial charge in [-0.1, -0.05) is 18.2 Å². The van der Waals surface area contributed by atoms with Gasteiger partial charge in [-0.05, 0) is 59.3 Å². The van der Waals surface area contributed by atoms with Gasteiger partial charge in [0, 0.05) is 42.0 Å². The van der Waals surface area contributed by atoms with Crippen LogP contribution in [0.1, 0.15) is 16.9 Å². The molecule has 2 rings (SSSR count). The smallest absolute Gasteiger partial charge is 0.351 e. The second-order valence-corrected chi connectivity index (χ2v) is 14.9. The van der Waals surface area contributed by atoms with Gasteiger partial charge in [0.05, 0.1) is 13.3 Å². The number of hydrogen-bond donors (Lipinski definition) is 0. The lowest BCUT2D eigenvalue weighted by molar-refractivity contribution is 0.197. The summed E-state index contributed by atoms with van der Waals surface area (Å²) >= 11 is 5.55. The van der Waals surface area contributed by atoms with Crippen LogP contribution in [0.25, 0.3) is 0 Å². The van der Waals surface area contributed by atoms with Gasteiger partial charge in [0.15, 0.2) is 0 Å². The molecule has 0 N–H and O–H groups in total. The van der Waals surface area contributed by atoms with E-state index in [1.807, 2.05) is 24.3 Å². The van der Waals surface area contributed by atoms with Gasteiger partial charge >= 0.3 is 15.2 Å². The van der Waals surface area contributed by atoms with E-state index in [1.165, 1.54) is 28.4 Å². The molecule has 2 aromatic carbocycles. The molecule has 39 heavy (non-hydrogen) atoms. The Labute approximate surface area is 236 Å². The number of methoxy groups -OCH3 is 1. The lowest BCUT2D eigenvalue weighted by Gasteiger charge is -2.35. The van der Waals surface area contributed by atoms with Crippen molar-refractivity contribution in [2.75, 3.05) is 55.4 Å². The first-order chi connectivity index (χ1) is 18.6. The molecular formula is C24H36N3O8P3S. The van der Waals surface area contributed by atoms with Crippen molar-refractivity contribution in [3.8, 4) is 11.5 Å². The van der Waals surface area contributed by atoms with Crippen LogP contribution in [0.5, 0.6) is 11.5 Å². The van der Waals surface area contributed by atoms with Gasteiger partial charge in [0.1, 0.15) is 23.6 Å². The third-order valence-corrected chi connectivity index (χ3v) is 11.7. The number of hydrazone groups is 1. The summed E-state index contributed by atoms with van der Waals surface area (Å²) in [6.45, 7) is 3.96. The monoisotopic (exact) mass is 619 g/mol. The maximum Gasteiger partial charge on any atom is 0.351 e. The van der Waals surface area contributed by atoms with Crippen LogP contribution >= 0.6 is 22.3 Å². The summed E-state index contributed by atoms with van der Waals surface area (Å²) in [6, 6.07) is 14.3. The molecule has 2 atom stereocenters. The molecule has 15 heteroatoms. The normalized spacial score (nSPS) is 13.8. The predicted molar refractivity (Wildman–Crippen MR) is 159 cm³/mol. The Kier molecular flexibility index (Phi) is 13.5. The zero-order valence-corrected chi connectivity index (χ0v) is 26.5. The van der Waals surface area contributed by atoms with Crippen molar-refractivity contribution in [1.82, 2.24) is 9.68 Å². The van der Waals surface area contributed by atoms with Crippen LogP contribution < -0.4 is 9.26 Å². The van der Waals surface area contributed by atoms with Gasteiger partial charge in [0.25, 0.3) is 0 Å². The molecule has 0 amide bonds. The topological polar surface area (TPSA) is 108 Å². The molecule has 0 saturated carbocycles. The van der Waals surface area contributed by atoms with Crippen molar-refractivity contribution in [1.29, 1.82) is 0 Å². The molecular weight excluding hydrogens is 583 g/mol. The van der Waals surface area contributed by atoms with E-state index in [0.717, 1.165) is 11.3 Å². The van der Waals surface area contributed by atoms with Crippen molar-refractivity contribution < 1.29 is 36.5 Å². The fourth-order valence-corrected chi connectivity index (χ4v) is 7.39. The Hall–Kier alpha value is -1.84. The molecule has 0 spiro atoms. The quantitative estimate of drug-likeness (QED) is 0.0906. The van der Waals surface area contributed by atoms with Crippen LogP contribution in [-0.4, -0.2) is 71.3 Å². The van der Waals surface area contributed by atoms with E-state index >= 15 is 0 Å². The summed E-state index contributed by atoms with van der Waals surface area (Å²) in [6.07, 6.45) is 3.10. The molecule has 0 heterocycles. The third-order valence-electron chi connectivity index (χ3n) is 5.57. The highest BCUT2D eigenvalue weighted by molar-refractivity contribution is 8.02. The predicted octanol–water partition coefficient (Wildman–Crippen LogP) is 5.96. The largest absolute Gasteiger partial charge is 0.497 e. The van der Waals surface area contributed by atoms with E-state index in [-0.39, 0.29) is 12.8 Å². The highest BCUT2D eigenvalue weighted by Gasteiger charge is 2.42. The molecule has 2 unspecified atom stereocenters. The van der Waals surface area contributed by atoms with Crippen LogP contribution in [0.4, 0.5) is 0 Å². The molecule has 0 fully saturated rings. The van der Waals surface area contributed by atoms with E-state index in [9.17, 15) is 9.13 Å². The summed E-state index contributed by atoms with van der Waals surface area (Å²) in [7, 11) is -0.684. The molecule has 216 valence electrons. The van der Waals surface area contributed by atoms with Crippen molar-refractivity contribution >= 4 is 40.3 Å². The second-order valence-electron chi connectivity index (χ2n) is 7.93. The van der Waals surface area contributed by atoms with Crippen LogP contribution in [0.2, 0.25) is 0 Å². The molecule has 0 radical (unpaired) electrons. The SMILES string of the molecule is C=CCN(CP(=O)(OC)OC)C(c1ccc(O[PH](=S)N(C)/N=C/c2ccc(OC)cc2)cc1)P(=O)(OC)OC. The lowest BCUT2D eigenvalue weighted by Crippen LogP contribution is -2.31. The average molecular weight is 620 g/mol. The lowest BCUT2D eigenvalue weighted by atomic mass is 10.2. The maximum atomic E-state index is 13.6. The standard InChI is InChI=1S/C24H36N3O8P3S/c1-8-17-27(19-37(28,31-4)32-5)24(38(29,33-6)34-7)21-11-15-23(16-12-21)35-36(39)26(2)25-18-20-9-13-22(30-3)14-10-20/h8-16,18,24,36H,1,17,19H2,2-7H3/b25-18+. The van der Waals surface area contributed by atoms with Crippen molar-refractivity contribution in [3.63, 3.8) is 0 Å². The minimum atomic E-state index is -3.75. The summed E-state index contributed by atoms with van der Waals surface area (Å²) < 4.78 is 60.2. The zero-order chi connectivity index (χ0) is 29.1. The Bertz CT molecular complexity index is 1200. The van der Waals surface area contributed by atoms with Gasteiger partial charge in [-0.15, -0.1) is 6.58 Å². The fourth-order valence-electron chi connectivity index (χ4n) is 3.45. The molecule has 0 aromatic heterocycles. The van der Waals surface area contributed by atoms with Crippen LogP contribution in [0.3, 0.4) is 0 Å². The highest BCUT2D eigenvalue weighted by Crippen LogP contribution is 2.63. The van der Waals surface area contributed by atoms with Gasteiger partial charge < -0.3 is 27.4 Å². The molecule has 0 aliphatic carbocycles. The molecule has 0 aliphatic heterocycles. The first-order valence-electron chi connectivity index (χ1n) is 11.6. The second kappa shape index (κ2) is 15.8. The van der Waals surface area contributed by atoms with Crippen molar-refractivity contribution in [2.45, 2.75) is 5.78 Å². The van der Waals surface area contributed by atoms with Crippen molar-refractivity contribution in [3.05, 3.63) is 72.3 Å². The van der Waals surface area contributed by atoms with Gasteiger partial charge in [-0.25, -0.2) is 4.78 Å². The maximum absolute atomic E-state index is 13.6. The number of ether oxygens (including phenoxy) is 1. The number of rotatable bonds is 17. The molecule has 0 aliphatic rings. The van der Waals surface area contributed by atoms with E-state index in [0.29, 0.717) is 11.3 Å². The minimum absolute atomic E-state index is 0.179. The molecule has 0 saturated heterocycles. The van der Waals surface area contributed by atoms with E-state index in [1.54, 1.807) is 60.4 Å². The van der Waals surface area contributed by atoms with E-state index in [4.69, 9.17) is 39.2 Å². The number of hydrogen-bond acceptors (Lipinski definition) is 11. The molecule has 2 aromatic rings. The Balaban J connectivity index is 2.26. The van der Waals surface area contributed by atoms with Gasteiger partial charge in [-0.3, -0.25) is 14.0 Å². The van der Waals surface area contributed by atoms with Crippen molar-refractivity contribution in [2.24, 2.45) is 5.10 Å². The van der Waals surface area contributed by atoms with Crippen LogP contribution in [0, 0.1) is 0 Å². The summed E-state index contributed by atoms with van der Waals surface area (Å²) in [4.78, 5) is 1.62. The summed E-state index contributed by atoms with van der Waals surface area (Å²) in [5.74, 6) is 0.324. The number of benzene rings is 2. The number of nitrogens with zero attached hydrogens (tertiary/aromatic N) is 3. The Morgan fingerprint density at radius 1 is 0.949 bits per heavy atom. The fraction of sp³-hybridized carbons (Fsp3) is 0.375.